The number of hydrogen-bond donors (Lipinski definition) is 1. The summed E-state index contributed by atoms with van der Waals surface area (Å²) >= 11 is 0. The van der Waals surface area contributed by atoms with E-state index in [1.54, 1.807) is 0 Å². The second-order valence-electron chi connectivity index (χ2n) is 9.57. The SMILES string of the molecule is C=CC1=CC=C(COCC2O[C@H](C[C@H]3CC(C)CCC(O)C3)CC[C@@H]2C)C=CC1. The highest BCUT2D eigenvalue weighted by Gasteiger charge is 2.32. The van der Waals surface area contributed by atoms with Crippen LogP contribution in [0.5, 0.6) is 0 Å². The second-order valence-corrected chi connectivity index (χ2v) is 9.57. The molecule has 6 atom stereocenters. The zero-order valence-electron chi connectivity index (χ0n) is 18.4. The number of aliphatic hydroxyl groups is 1. The first kappa shape index (κ1) is 22.5. The maximum atomic E-state index is 10.2. The monoisotopic (exact) mass is 400 g/mol. The molecule has 3 unspecified atom stereocenters. The van der Waals surface area contributed by atoms with Gasteiger partial charge < -0.3 is 14.6 Å². The molecular weight excluding hydrogens is 360 g/mol. The minimum atomic E-state index is -0.122. The van der Waals surface area contributed by atoms with Crippen LogP contribution in [0.2, 0.25) is 0 Å². The van der Waals surface area contributed by atoms with Crippen molar-refractivity contribution in [2.24, 2.45) is 17.8 Å². The second kappa shape index (κ2) is 11.3. The molecular formula is C26H40O3. The quantitative estimate of drug-likeness (QED) is 0.552. The smallest absolute Gasteiger partial charge is 0.0837 e. The molecule has 0 radical (unpaired) electrons. The Bertz CT molecular complexity index is 605. The lowest BCUT2D eigenvalue weighted by Gasteiger charge is -2.36. The van der Waals surface area contributed by atoms with E-state index in [4.69, 9.17) is 9.47 Å². The van der Waals surface area contributed by atoms with Gasteiger partial charge in [-0.2, -0.15) is 0 Å². The molecule has 162 valence electrons. The van der Waals surface area contributed by atoms with E-state index in [-0.39, 0.29) is 12.2 Å². The van der Waals surface area contributed by atoms with E-state index in [1.165, 1.54) is 24.0 Å². The van der Waals surface area contributed by atoms with Crippen molar-refractivity contribution < 1.29 is 14.6 Å². The van der Waals surface area contributed by atoms with E-state index in [9.17, 15) is 5.11 Å². The molecule has 0 aromatic carbocycles. The molecule has 1 aliphatic heterocycles. The summed E-state index contributed by atoms with van der Waals surface area (Å²) in [5.74, 6) is 1.85. The summed E-state index contributed by atoms with van der Waals surface area (Å²) < 4.78 is 12.6. The zero-order valence-corrected chi connectivity index (χ0v) is 18.4. The first-order valence-corrected chi connectivity index (χ1v) is 11.6. The average Bonchev–Trinajstić information content (AvgIpc) is 3.02. The van der Waals surface area contributed by atoms with Gasteiger partial charge in [-0.05, 0) is 80.3 Å². The first-order valence-electron chi connectivity index (χ1n) is 11.6. The van der Waals surface area contributed by atoms with E-state index in [1.807, 2.05) is 6.08 Å². The molecule has 1 saturated heterocycles. The molecule has 3 heteroatoms. The van der Waals surface area contributed by atoms with Crippen LogP contribution in [-0.4, -0.2) is 36.6 Å². The molecule has 0 amide bonds. The fourth-order valence-electron chi connectivity index (χ4n) is 5.01. The molecule has 3 rings (SSSR count). The topological polar surface area (TPSA) is 38.7 Å². The lowest BCUT2D eigenvalue weighted by molar-refractivity contribution is -0.116. The summed E-state index contributed by atoms with van der Waals surface area (Å²) in [5.41, 5.74) is 2.43. The van der Waals surface area contributed by atoms with Crippen LogP contribution in [0.4, 0.5) is 0 Å². The summed E-state index contributed by atoms with van der Waals surface area (Å²) in [6.07, 6.45) is 19.5. The molecule has 0 aromatic rings. The Morgan fingerprint density at radius 1 is 1.17 bits per heavy atom. The third-order valence-corrected chi connectivity index (χ3v) is 6.89. The third kappa shape index (κ3) is 7.24. The summed E-state index contributed by atoms with van der Waals surface area (Å²) in [6.45, 7) is 9.75. The van der Waals surface area contributed by atoms with Crippen molar-refractivity contribution in [2.75, 3.05) is 13.2 Å². The third-order valence-electron chi connectivity index (χ3n) is 6.89. The average molecular weight is 401 g/mol. The predicted molar refractivity (Wildman–Crippen MR) is 120 cm³/mol. The fraction of sp³-hybridized carbons (Fsp3) is 0.692. The van der Waals surface area contributed by atoms with E-state index < -0.39 is 0 Å². The van der Waals surface area contributed by atoms with Gasteiger partial charge in [-0.3, -0.25) is 0 Å². The van der Waals surface area contributed by atoms with Crippen LogP contribution in [0.1, 0.15) is 65.2 Å². The van der Waals surface area contributed by atoms with Gasteiger partial charge in [0.15, 0.2) is 0 Å². The Hall–Kier alpha value is -1.16. The fourth-order valence-corrected chi connectivity index (χ4v) is 5.01. The van der Waals surface area contributed by atoms with Crippen LogP contribution in [-0.2, 0) is 9.47 Å². The number of rotatable bonds is 7. The summed E-state index contributed by atoms with van der Waals surface area (Å²) in [6, 6.07) is 0. The van der Waals surface area contributed by atoms with E-state index in [2.05, 4.69) is 44.7 Å². The zero-order chi connectivity index (χ0) is 20.6. The normalized spacial score (nSPS) is 36.0. The van der Waals surface area contributed by atoms with Gasteiger partial charge in [-0.1, -0.05) is 50.8 Å². The number of hydrogen-bond acceptors (Lipinski definition) is 3. The van der Waals surface area contributed by atoms with Gasteiger partial charge in [0.25, 0.3) is 0 Å². The molecule has 1 heterocycles. The van der Waals surface area contributed by atoms with Gasteiger partial charge in [0.2, 0.25) is 0 Å². The van der Waals surface area contributed by atoms with Gasteiger partial charge in [0.05, 0.1) is 31.5 Å². The maximum Gasteiger partial charge on any atom is 0.0837 e. The Labute approximate surface area is 177 Å². The van der Waals surface area contributed by atoms with Crippen LogP contribution >= 0.6 is 0 Å². The van der Waals surface area contributed by atoms with Crippen LogP contribution < -0.4 is 0 Å². The van der Waals surface area contributed by atoms with Crippen LogP contribution in [0.15, 0.2) is 48.1 Å². The highest BCUT2D eigenvalue weighted by Crippen LogP contribution is 2.35. The highest BCUT2D eigenvalue weighted by atomic mass is 16.5. The Morgan fingerprint density at radius 2 is 2.03 bits per heavy atom. The minimum Gasteiger partial charge on any atom is -0.393 e. The predicted octanol–water partition coefficient (Wildman–Crippen LogP) is 5.76. The van der Waals surface area contributed by atoms with Gasteiger partial charge in [0, 0.05) is 0 Å². The Balaban J connectivity index is 1.46. The van der Waals surface area contributed by atoms with Crippen LogP contribution in [0, 0.1) is 17.8 Å². The lowest BCUT2D eigenvalue weighted by Crippen LogP contribution is -2.38. The van der Waals surface area contributed by atoms with Gasteiger partial charge >= 0.3 is 0 Å². The standard InChI is InChI=1S/C26H40O3/c1-4-21-6-5-7-22(11-10-21)17-28-18-26-20(3)9-13-25(29-26)16-23-14-19(2)8-12-24(27)15-23/h4-5,7,10-11,19-20,23-27H,1,6,8-9,12-18H2,2-3H3/t19?,20-,23-,24?,25-,26?/m0/s1. The molecule has 0 aromatic heterocycles. The molecule has 1 N–H and O–H groups in total. The summed E-state index contributed by atoms with van der Waals surface area (Å²) in [5, 5.41) is 10.2. The van der Waals surface area contributed by atoms with Crippen molar-refractivity contribution >= 4 is 0 Å². The lowest BCUT2D eigenvalue weighted by atomic mass is 9.85. The Morgan fingerprint density at radius 3 is 2.86 bits per heavy atom. The van der Waals surface area contributed by atoms with Gasteiger partial charge in [-0.15, -0.1) is 0 Å². The van der Waals surface area contributed by atoms with Crippen LogP contribution in [0.3, 0.4) is 0 Å². The van der Waals surface area contributed by atoms with Crippen molar-refractivity contribution in [3.63, 3.8) is 0 Å². The van der Waals surface area contributed by atoms with Crippen molar-refractivity contribution in [1.29, 1.82) is 0 Å². The van der Waals surface area contributed by atoms with Crippen molar-refractivity contribution in [1.82, 2.24) is 0 Å². The number of aliphatic hydroxyl groups excluding tert-OH is 1. The van der Waals surface area contributed by atoms with E-state index in [0.29, 0.717) is 31.2 Å². The summed E-state index contributed by atoms with van der Waals surface area (Å²) in [7, 11) is 0. The first-order chi connectivity index (χ1) is 14.0. The van der Waals surface area contributed by atoms with Crippen LogP contribution in [0.25, 0.3) is 0 Å². The molecule has 3 aliphatic rings. The number of ether oxygens (including phenoxy) is 2. The Kier molecular flexibility index (Phi) is 8.77. The van der Waals surface area contributed by atoms with E-state index >= 15 is 0 Å². The largest absolute Gasteiger partial charge is 0.393 e. The maximum absolute atomic E-state index is 10.2. The van der Waals surface area contributed by atoms with Crippen molar-refractivity contribution in [3.8, 4) is 0 Å². The number of allylic oxidation sites excluding steroid dienone is 5. The van der Waals surface area contributed by atoms with Gasteiger partial charge in [-0.25, -0.2) is 0 Å². The summed E-state index contributed by atoms with van der Waals surface area (Å²) in [4.78, 5) is 0. The van der Waals surface area contributed by atoms with Crippen molar-refractivity contribution in [3.05, 3.63) is 48.1 Å². The molecule has 0 bridgehead atoms. The molecule has 3 nitrogen and oxygen atoms in total. The molecule has 29 heavy (non-hydrogen) atoms. The highest BCUT2D eigenvalue weighted by molar-refractivity contribution is 5.34. The van der Waals surface area contributed by atoms with Gasteiger partial charge in [0.1, 0.15) is 0 Å². The van der Waals surface area contributed by atoms with Crippen molar-refractivity contribution in [2.45, 2.75) is 83.5 Å². The molecule has 2 fully saturated rings. The van der Waals surface area contributed by atoms with E-state index in [0.717, 1.165) is 44.4 Å². The molecule has 0 spiro atoms. The molecule has 1 saturated carbocycles. The minimum absolute atomic E-state index is 0.122. The molecule has 2 aliphatic carbocycles.